The molecule has 6 nitrogen and oxygen atoms in total. The molecule has 0 unspecified atom stereocenters. The maximum atomic E-state index is 13.0. The number of fused-ring (bicyclic) bond motifs is 3. The van der Waals surface area contributed by atoms with Crippen LogP contribution in [0.2, 0.25) is 0 Å². The molecule has 1 fully saturated rings. The van der Waals surface area contributed by atoms with Crippen LogP contribution in [0.4, 0.5) is 4.79 Å². The summed E-state index contributed by atoms with van der Waals surface area (Å²) in [5, 5.41) is 6.17. The zero-order valence-electron chi connectivity index (χ0n) is 23.4. The van der Waals surface area contributed by atoms with Crippen LogP contribution < -0.4 is 10.6 Å². The van der Waals surface area contributed by atoms with Gasteiger partial charge >= 0.3 is 13.2 Å². The predicted octanol–water partition coefficient (Wildman–Crippen LogP) is 5.96. The van der Waals surface area contributed by atoms with Crippen LogP contribution in [0.1, 0.15) is 55.9 Å². The average molecular weight is 524 g/mol. The van der Waals surface area contributed by atoms with Crippen molar-refractivity contribution in [3.05, 3.63) is 101 Å². The lowest BCUT2D eigenvalue weighted by Crippen LogP contribution is -2.41. The SMILES string of the molecule is CNCc1ccccc1C=C(CNC(=O)OCC1c2ccccc2-c2ccccc21)B1OC(C)(C)C(C)(C)O1. The van der Waals surface area contributed by atoms with Crippen LogP contribution in [0.15, 0.2) is 78.3 Å². The zero-order valence-corrected chi connectivity index (χ0v) is 23.4. The van der Waals surface area contributed by atoms with Gasteiger partial charge in [-0.05, 0) is 73.6 Å². The van der Waals surface area contributed by atoms with Crippen molar-refractivity contribution in [2.24, 2.45) is 0 Å². The number of rotatable bonds is 8. The Balaban J connectivity index is 1.32. The van der Waals surface area contributed by atoms with Crippen LogP contribution in [-0.2, 0) is 20.6 Å². The quantitative estimate of drug-likeness (QED) is 0.356. The monoisotopic (exact) mass is 524 g/mol. The number of nitrogens with one attached hydrogen (secondary N) is 2. The first kappa shape index (κ1) is 27.2. The topological polar surface area (TPSA) is 68.8 Å². The second kappa shape index (κ2) is 11.0. The van der Waals surface area contributed by atoms with Gasteiger partial charge in [-0.15, -0.1) is 0 Å². The summed E-state index contributed by atoms with van der Waals surface area (Å²) in [5.74, 6) is 0.00896. The molecular weight excluding hydrogens is 487 g/mol. The number of alkyl carbamates (subject to hydrolysis) is 1. The molecule has 39 heavy (non-hydrogen) atoms. The smallest absolute Gasteiger partial charge is 0.449 e. The Hall–Kier alpha value is -3.39. The Morgan fingerprint density at radius 3 is 2.08 bits per heavy atom. The lowest BCUT2D eigenvalue weighted by molar-refractivity contribution is 0.00578. The Bertz CT molecular complexity index is 1320. The molecule has 1 aliphatic carbocycles. The van der Waals surface area contributed by atoms with Gasteiger partial charge < -0.3 is 24.7 Å². The maximum absolute atomic E-state index is 13.0. The summed E-state index contributed by atoms with van der Waals surface area (Å²) < 4.78 is 18.5. The molecule has 5 rings (SSSR count). The summed E-state index contributed by atoms with van der Waals surface area (Å²) in [6.07, 6.45) is 1.58. The van der Waals surface area contributed by atoms with Gasteiger partial charge in [0.15, 0.2) is 0 Å². The molecule has 202 valence electrons. The van der Waals surface area contributed by atoms with Gasteiger partial charge in [-0.2, -0.15) is 0 Å². The molecule has 0 atom stereocenters. The fourth-order valence-corrected chi connectivity index (χ4v) is 5.25. The molecule has 7 heteroatoms. The Labute approximate surface area is 231 Å². The van der Waals surface area contributed by atoms with Gasteiger partial charge in [0.05, 0.1) is 11.2 Å². The lowest BCUT2D eigenvalue weighted by Gasteiger charge is -2.32. The van der Waals surface area contributed by atoms with Gasteiger partial charge in [0.1, 0.15) is 6.61 Å². The van der Waals surface area contributed by atoms with Gasteiger partial charge in [0.2, 0.25) is 0 Å². The Kier molecular flexibility index (Phi) is 7.67. The van der Waals surface area contributed by atoms with Crippen molar-refractivity contribution in [1.82, 2.24) is 10.6 Å². The molecule has 2 N–H and O–H groups in total. The van der Waals surface area contributed by atoms with Crippen LogP contribution in [0.25, 0.3) is 17.2 Å². The highest BCUT2D eigenvalue weighted by Crippen LogP contribution is 2.44. The van der Waals surface area contributed by atoms with Crippen molar-refractivity contribution in [1.29, 1.82) is 0 Å². The van der Waals surface area contributed by atoms with E-state index in [1.807, 2.05) is 71.1 Å². The first-order valence-corrected chi connectivity index (χ1v) is 13.6. The third kappa shape index (κ3) is 5.53. The van der Waals surface area contributed by atoms with E-state index in [-0.39, 0.29) is 19.1 Å². The Morgan fingerprint density at radius 1 is 0.897 bits per heavy atom. The van der Waals surface area contributed by atoms with E-state index < -0.39 is 24.4 Å². The molecule has 1 saturated heterocycles. The van der Waals surface area contributed by atoms with E-state index in [2.05, 4.69) is 53.1 Å². The zero-order chi connectivity index (χ0) is 27.6. The second-order valence-corrected chi connectivity index (χ2v) is 11.2. The highest BCUT2D eigenvalue weighted by Gasteiger charge is 2.52. The molecule has 2 aliphatic rings. The molecule has 3 aromatic carbocycles. The molecule has 1 heterocycles. The van der Waals surface area contributed by atoms with Crippen LogP contribution in [0.3, 0.4) is 0 Å². The van der Waals surface area contributed by atoms with Gasteiger partial charge in [-0.1, -0.05) is 78.9 Å². The first-order chi connectivity index (χ1) is 18.7. The third-order valence-corrected chi connectivity index (χ3v) is 8.10. The van der Waals surface area contributed by atoms with Crippen LogP contribution >= 0.6 is 0 Å². The maximum Gasteiger partial charge on any atom is 0.492 e. The van der Waals surface area contributed by atoms with E-state index in [1.54, 1.807) is 0 Å². The largest absolute Gasteiger partial charge is 0.492 e. The van der Waals surface area contributed by atoms with Gasteiger partial charge in [-0.25, -0.2) is 4.79 Å². The van der Waals surface area contributed by atoms with E-state index in [1.165, 1.54) is 22.3 Å². The summed E-state index contributed by atoms with van der Waals surface area (Å²) in [5.41, 5.74) is 6.81. The van der Waals surface area contributed by atoms with E-state index >= 15 is 0 Å². The minimum absolute atomic E-state index is 0.00896. The molecule has 0 bridgehead atoms. The van der Waals surface area contributed by atoms with E-state index in [4.69, 9.17) is 14.0 Å². The number of carbonyl (C=O) groups is 1. The summed E-state index contributed by atoms with van der Waals surface area (Å²) in [4.78, 5) is 13.0. The van der Waals surface area contributed by atoms with E-state index in [0.29, 0.717) is 0 Å². The third-order valence-electron chi connectivity index (χ3n) is 8.10. The van der Waals surface area contributed by atoms with Crippen molar-refractivity contribution < 1.29 is 18.8 Å². The van der Waals surface area contributed by atoms with Crippen LogP contribution in [0, 0.1) is 0 Å². The predicted molar refractivity (Wildman–Crippen MR) is 156 cm³/mol. The summed E-state index contributed by atoms with van der Waals surface area (Å²) in [7, 11) is 1.33. The summed E-state index contributed by atoms with van der Waals surface area (Å²) in [6.45, 7) is 9.33. The molecule has 0 spiro atoms. The minimum Gasteiger partial charge on any atom is -0.449 e. The van der Waals surface area contributed by atoms with Crippen LogP contribution in [-0.4, -0.2) is 44.6 Å². The van der Waals surface area contributed by atoms with Crippen molar-refractivity contribution in [2.75, 3.05) is 20.2 Å². The standard InChI is InChI=1S/C32H37BN2O4/c1-31(2)32(3,4)39-33(38-31)24(18-22-12-6-7-13-23(22)19-34-5)20-35-30(36)37-21-29-27-16-10-8-14-25(27)26-15-9-11-17-28(26)29/h6-18,29,34H,19-21H2,1-5H3,(H,35,36). The van der Waals surface area contributed by atoms with Crippen LogP contribution in [0.5, 0.6) is 0 Å². The molecule has 0 aromatic heterocycles. The van der Waals surface area contributed by atoms with Gasteiger partial charge in [-0.3, -0.25) is 0 Å². The first-order valence-electron chi connectivity index (χ1n) is 13.6. The fourth-order valence-electron chi connectivity index (χ4n) is 5.25. The number of carbonyl (C=O) groups excluding carboxylic acids is 1. The Morgan fingerprint density at radius 2 is 1.46 bits per heavy atom. The van der Waals surface area contributed by atoms with Crippen molar-refractivity contribution in [3.63, 3.8) is 0 Å². The molecule has 1 amide bonds. The summed E-state index contributed by atoms with van der Waals surface area (Å²) in [6, 6.07) is 24.8. The molecular formula is C32H37BN2O4. The van der Waals surface area contributed by atoms with E-state index in [0.717, 1.165) is 23.1 Å². The number of hydrogen-bond donors (Lipinski definition) is 2. The highest BCUT2D eigenvalue weighted by molar-refractivity contribution is 6.56. The van der Waals surface area contributed by atoms with E-state index in [9.17, 15) is 4.79 Å². The molecule has 3 aromatic rings. The minimum atomic E-state index is -0.591. The van der Waals surface area contributed by atoms with Crippen molar-refractivity contribution >= 4 is 19.3 Å². The molecule has 0 saturated carbocycles. The highest BCUT2D eigenvalue weighted by atomic mass is 16.7. The lowest BCUT2D eigenvalue weighted by atomic mass is 9.76. The molecule has 1 aliphatic heterocycles. The number of hydrogen-bond acceptors (Lipinski definition) is 5. The fraction of sp³-hybridized carbons (Fsp3) is 0.344. The van der Waals surface area contributed by atoms with Gasteiger partial charge in [0.25, 0.3) is 0 Å². The summed E-state index contributed by atoms with van der Waals surface area (Å²) >= 11 is 0. The average Bonchev–Trinajstić information content (AvgIpc) is 3.35. The normalized spacial score (nSPS) is 17.6. The van der Waals surface area contributed by atoms with Crippen molar-refractivity contribution in [3.8, 4) is 11.1 Å². The van der Waals surface area contributed by atoms with Gasteiger partial charge in [0, 0.05) is 19.0 Å². The number of amides is 1. The van der Waals surface area contributed by atoms with Crippen molar-refractivity contribution in [2.45, 2.75) is 51.4 Å². The molecule has 0 radical (unpaired) electrons. The number of ether oxygens (including phenoxy) is 1. The number of benzene rings is 3. The second-order valence-electron chi connectivity index (χ2n) is 11.2.